The van der Waals surface area contributed by atoms with Crippen molar-refractivity contribution in [2.75, 3.05) is 13.1 Å². The van der Waals surface area contributed by atoms with Crippen molar-refractivity contribution < 1.29 is 14.3 Å². The van der Waals surface area contributed by atoms with Gasteiger partial charge in [-0.25, -0.2) is 14.8 Å². The van der Waals surface area contributed by atoms with Crippen molar-refractivity contribution in [2.45, 2.75) is 45.8 Å². The van der Waals surface area contributed by atoms with E-state index in [1.807, 2.05) is 58.9 Å². The van der Waals surface area contributed by atoms with E-state index in [1.54, 1.807) is 4.90 Å². The maximum absolute atomic E-state index is 13.0. The molecule has 0 bridgehead atoms. The number of carbonyl (C=O) groups is 2. The van der Waals surface area contributed by atoms with Crippen LogP contribution < -0.4 is 5.32 Å². The highest BCUT2D eigenvalue weighted by molar-refractivity contribution is 5.86. The molecule has 7 heteroatoms. The van der Waals surface area contributed by atoms with Gasteiger partial charge in [0.25, 0.3) is 0 Å². The molecule has 2 amide bonds. The number of fused-ring (bicyclic) bond motifs is 2. The van der Waals surface area contributed by atoms with Gasteiger partial charge < -0.3 is 15.0 Å². The monoisotopic (exact) mass is 396 g/mol. The third-order valence-corrected chi connectivity index (χ3v) is 5.72. The number of piperidine rings is 1. The van der Waals surface area contributed by atoms with Crippen LogP contribution in [0.25, 0.3) is 10.9 Å². The first-order chi connectivity index (χ1) is 13.6. The molecule has 1 saturated heterocycles. The average Bonchev–Trinajstić information content (AvgIpc) is 3.13. The van der Waals surface area contributed by atoms with Gasteiger partial charge in [-0.15, -0.1) is 0 Å². The number of para-hydroxylation sites is 1. The third-order valence-electron chi connectivity index (χ3n) is 5.72. The Hall–Kier alpha value is -2.70. The maximum atomic E-state index is 13.0. The lowest BCUT2D eigenvalue weighted by Crippen LogP contribution is -2.44. The summed E-state index contributed by atoms with van der Waals surface area (Å²) < 4.78 is 5.44. The van der Waals surface area contributed by atoms with Gasteiger partial charge in [0.05, 0.1) is 16.7 Å². The van der Waals surface area contributed by atoms with Crippen LogP contribution in [0.1, 0.15) is 40.3 Å². The third kappa shape index (κ3) is 3.78. The van der Waals surface area contributed by atoms with Crippen molar-refractivity contribution in [1.82, 2.24) is 20.2 Å². The van der Waals surface area contributed by atoms with E-state index in [0.29, 0.717) is 13.1 Å². The first-order valence-corrected chi connectivity index (χ1v) is 10.1. The number of hydrogen-bond acceptors (Lipinski definition) is 5. The summed E-state index contributed by atoms with van der Waals surface area (Å²) in [7, 11) is 0. The van der Waals surface area contributed by atoms with Crippen molar-refractivity contribution in [3.8, 4) is 0 Å². The zero-order valence-corrected chi connectivity index (χ0v) is 17.6. The number of nitrogens with zero attached hydrogens (tertiary/aromatic N) is 3. The van der Waals surface area contributed by atoms with Gasteiger partial charge in [-0.1, -0.05) is 18.2 Å². The van der Waals surface area contributed by atoms with Crippen LogP contribution in [-0.2, 0) is 15.1 Å². The average molecular weight is 396 g/mol. The molecule has 154 valence electrons. The van der Waals surface area contributed by atoms with Crippen LogP contribution >= 0.6 is 0 Å². The van der Waals surface area contributed by atoms with Gasteiger partial charge in [-0.3, -0.25) is 4.79 Å². The van der Waals surface area contributed by atoms with Gasteiger partial charge in [0, 0.05) is 24.4 Å². The van der Waals surface area contributed by atoms with E-state index in [4.69, 9.17) is 4.74 Å². The van der Waals surface area contributed by atoms with Crippen molar-refractivity contribution in [3.05, 3.63) is 36.3 Å². The molecule has 1 aliphatic carbocycles. The standard InChI is InChI=1S/C22H28N4O3/c1-21(2,3)29-20(28)26-10-14-15(11-26)17(14)19(27)25-22(4,5)18-13-8-6-7-9-16(13)23-12-24-18/h6-9,12,14-15,17H,10-11H2,1-5H3,(H,25,27)/t14-,15+,17?. The summed E-state index contributed by atoms with van der Waals surface area (Å²) in [4.78, 5) is 35.7. The lowest BCUT2D eigenvalue weighted by atomic mass is 9.95. The number of aromatic nitrogens is 2. The summed E-state index contributed by atoms with van der Waals surface area (Å²) >= 11 is 0. The van der Waals surface area contributed by atoms with E-state index in [9.17, 15) is 9.59 Å². The molecule has 1 aliphatic heterocycles. The Balaban J connectivity index is 1.41. The number of carbonyl (C=O) groups excluding carboxylic acids is 2. The zero-order valence-electron chi connectivity index (χ0n) is 17.6. The smallest absolute Gasteiger partial charge is 0.410 e. The molecule has 2 aromatic rings. The number of hydrogen-bond donors (Lipinski definition) is 1. The highest BCUT2D eigenvalue weighted by Gasteiger charge is 2.61. The molecule has 0 spiro atoms. The second kappa shape index (κ2) is 6.68. The first kappa shape index (κ1) is 19.6. The van der Waals surface area contributed by atoms with Crippen molar-refractivity contribution in [2.24, 2.45) is 17.8 Å². The Morgan fingerprint density at radius 2 is 1.72 bits per heavy atom. The molecule has 1 aromatic heterocycles. The largest absolute Gasteiger partial charge is 0.444 e. The number of rotatable bonds is 3. The fraction of sp³-hybridized carbons (Fsp3) is 0.545. The molecule has 0 radical (unpaired) electrons. The molecule has 29 heavy (non-hydrogen) atoms. The Morgan fingerprint density at radius 3 is 2.38 bits per heavy atom. The van der Waals surface area contributed by atoms with Gasteiger partial charge in [-0.2, -0.15) is 0 Å². The molecule has 1 saturated carbocycles. The van der Waals surface area contributed by atoms with E-state index < -0.39 is 11.1 Å². The SMILES string of the molecule is CC(C)(C)OC(=O)N1C[C@@H]2C(C(=O)NC(C)(C)c3ncnc4ccccc34)[C@@H]2C1. The lowest BCUT2D eigenvalue weighted by molar-refractivity contribution is -0.125. The van der Waals surface area contributed by atoms with Gasteiger partial charge >= 0.3 is 6.09 Å². The summed E-state index contributed by atoms with van der Waals surface area (Å²) in [5, 5.41) is 4.11. The number of ether oxygens (including phenoxy) is 1. The maximum Gasteiger partial charge on any atom is 0.410 e. The minimum absolute atomic E-state index is 0.0246. The summed E-state index contributed by atoms with van der Waals surface area (Å²) in [6.45, 7) is 10.7. The second-order valence-electron chi connectivity index (χ2n) is 9.59. The zero-order chi connectivity index (χ0) is 21.0. The van der Waals surface area contributed by atoms with Gasteiger partial charge in [0.1, 0.15) is 11.9 Å². The molecule has 1 unspecified atom stereocenters. The molecule has 2 heterocycles. The molecular formula is C22H28N4O3. The van der Waals surface area contributed by atoms with E-state index in [2.05, 4.69) is 15.3 Å². The Morgan fingerprint density at radius 1 is 1.07 bits per heavy atom. The Kier molecular flexibility index (Phi) is 4.52. The molecule has 4 rings (SSSR count). The summed E-state index contributed by atoms with van der Waals surface area (Å²) in [6, 6.07) is 7.80. The second-order valence-corrected chi connectivity index (χ2v) is 9.59. The lowest BCUT2D eigenvalue weighted by Gasteiger charge is -2.28. The van der Waals surface area contributed by atoms with Crippen molar-refractivity contribution in [3.63, 3.8) is 0 Å². The molecular weight excluding hydrogens is 368 g/mol. The van der Waals surface area contributed by atoms with Gasteiger partial charge in [0.15, 0.2) is 0 Å². The Bertz CT molecular complexity index is 949. The first-order valence-electron chi connectivity index (χ1n) is 10.1. The minimum atomic E-state index is -0.624. The number of nitrogens with one attached hydrogen (secondary N) is 1. The predicted molar refractivity (Wildman–Crippen MR) is 109 cm³/mol. The van der Waals surface area contributed by atoms with Crippen LogP contribution in [0.3, 0.4) is 0 Å². The molecule has 1 N–H and O–H groups in total. The highest BCUT2D eigenvalue weighted by atomic mass is 16.6. The highest BCUT2D eigenvalue weighted by Crippen LogP contribution is 2.52. The van der Waals surface area contributed by atoms with Crippen LogP contribution in [0.15, 0.2) is 30.6 Å². The van der Waals surface area contributed by atoms with Crippen molar-refractivity contribution >= 4 is 22.9 Å². The number of benzene rings is 1. The molecule has 3 atom stereocenters. The summed E-state index contributed by atoms with van der Waals surface area (Å²) in [5.74, 6) is 0.388. The Labute approximate surface area is 170 Å². The van der Waals surface area contributed by atoms with Crippen LogP contribution in [0.5, 0.6) is 0 Å². The number of amides is 2. The van der Waals surface area contributed by atoms with E-state index >= 15 is 0 Å². The quantitative estimate of drug-likeness (QED) is 0.862. The molecule has 2 fully saturated rings. The van der Waals surface area contributed by atoms with Crippen LogP contribution in [0, 0.1) is 17.8 Å². The van der Waals surface area contributed by atoms with Crippen LogP contribution in [-0.4, -0.2) is 45.6 Å². The summed E-state index contributed by atoms with van der Waals surface area (Å²) in [6.07, 6.45) is 1.24. The fourth-order valence-corrected chi connectivity index (χ4v) is 4.34. The topological polar surface area (TPSA) is 84.4 Å². The van der Waals surface area contributed by atoms with E-state index in [1.165, 1.54) is 6.33 Å². The molecule has 7 nitrogen and oxygen atoms in total. The van der Waals surface area contributed by atoms with Crippen LogP contribution in [0.4, 0.5) is 4.79 Å². The van der Waals surface area contributed by atoms with Gasteiger partial charge in [0.2, 0.25) is 5.91 Å². The normalized spacial score (nSPS) is 23.6. The van der Waals surface area contributed by atoms with Crippen LogP contribution in [0.2, 0.25) is 0 Å². The predicted octanol–water partition coefficient (Wildman–Crippen LogP) is 3.09. The molecule has 2 aliphatic rings. The van der Waals surface area contributed by atoms with E-state index in [0.717, 1.165) is 16.6 Å². The van der Waals surface area contributed by atoms with Crippen molar-refractivity contribution in [1.29, 1.82) is 0 Å². The molecule has 1 aromatic carbocycles. The number of likely N-dealkylation sites (tertiary alicyclic amines) is 1. The van der Waals surface area contributed by atoms with Gasteiger partial charge in [-0.05, 0) is 52.5 Å². The summed E-state index contributed by atoms with van der Waals surface area (Å²) in [5.41, 5.74) is 0.528. The minimum Gasteiger partial charge on any atom is -0.444 e. The fourth-order valence-electron chi connectivity index (χ4n) is 4.34. The van der Waals surface area contributed by atoms with E-state index in [-0.39, 0.29) is 29.8 Å².